The van der Waals surface area contributed by atoms with Crippen LogP contribution < -0.4 is 15.1 Å². The first-order valence-corrected chi connectivity index (χ1v) is 10.9. The highest BCUT2D eigenvalue weighted by Gasteiger charge is 2.37. The Balaban J connectivity index is 2.06. The molecule has 0 radical (unpaired) electrons. The van der Waals surface area contributed by atoms with Gasteiger partial charge in [-0.05, 0) is 18.1 Å². The zero-order valence-corrected chi connectivity index (χ0v) is 15.7. The quantitative estimate of drug-likeness (QED) is 0.780. The summed E-state index contributed by atoms with van der Waals surface area (Å²) in [5.74, 6) is 0.508. The van der Waals surface area contributed by atoms with Crippen molar-refractivity contribution < 1.29 is 19.2 Å². The molecule has 1 aliphatic heterocycles. The molecule has 1 aromatic rings. The molecule has 0 aliphatic carbocycles. The van der Waals surface area contributed by atoms with Gasteiger partial charge in [0, 0.05) is 18.2 Å². The van der Waals surface area contributed by atoms with E-state index in [1.807, 2.05) is 0 Å². The van der Waals surface area contributed by atoms with Crippen molar-refractivity contribution in [1.29, 1.82) is 0 Å². The molecule has 1 aliphatic rings. The summed E-state index contributed by atoms with van der Waals surface area (Å²) in [6.45, 7) is 13.8. The van der Waals surface area contributed by atoms with Gasteiger partial charge >= 0.3 is 7.12 Å². The molecule has 0 atom stereocenters. The van der Waals surface area contributed by atoms with E-state index in [9.17, 15) is 10.0 Å². The molecule has 23 heavy (non-hydrogen) atoms. The first-order chi connectivity index (χ1) is 10.6. The normalized spacial score (nSPS) is 15.2. The standard InChI is InChI=1S/C15H27BN2O4Si/c1-15(2,3)23(4,5)22-9-7-18-6-8-21-14-12(16(19)20)10-17-11-13(14)18/h10-11,19-20H,6-9H2,1-5H3. The molecule has 0 aromatic carbocycles. The molecule has 0 amide bonds. The van der Waals surface area contributed by atoms with Gasteiger partial charge in [0.1, 0.15) is 12.4 Å². The Morgan fingerprint density at radius 3 is 2.65 bits per heavy atom. The van der Waals surface area contributed by atoms with Crippen molar-refractivity contribution in [2.24, 2.45) is 0 Å². The number of ether oxygens (including phenoxy) is 1. The zero-order chi connectivity index (χ0) is 17.3. The van der Waals surface area contributed by atoms with Gasteiger partial charge in [-0.25, -0.2) is 0 Å². The lowest BCUT2D eigenvalue weighted by Crippen LogP contribution is -2.44. The second-order valence-electron chi connectivity index (χ2n) is 7.39. The van der Waals surface area contributed by atoms with Gasteiger partial charge in [-0.3, -0.25) is 4.98 Å². The van der Waals surface area contributed by atoms with E-state index in [2.05, 4.69) is 43.7 Å². The summed E-state index contributed by atoms with van der Waals surface area (Å²) in [5.41, 5.74) is 1.10. The topological polar surface area (TPSA) is 75.1 Å². The van der Waals surface area contributed by atoms with Gasteiger partial charge in [-0.1, -0.05) is 20.8 Å². The van der Waals surface area contributed by atoms with Crippen LogP contribution in [0.4, 0.5) is 5.69 Å². The fourth-order valence-electron chi connectivity index (χ4n) is 2.26. The van der Waals surface area contributed by atoms with Crippen LogP contribution in [0.3, 0.4) is 0 Å². The molecule has 0 saturated heterocycles. The minimum Gasteiger partial charge on any atom is -0.490 e. The van der Waals surface area contributed by atoms with E-state index in [-0.39, 0.29) is 5.04 Å². The molecular weight excluding hydrogens is 311 g/mol. The fraction of sp³-hybridized carbons (Fsp3) is 0.667. The van der Waals surface area contributed by atoms with E-state index in [0.29, 0.717) is 24.4 Å². The molecule has 2 N–H and O–H groups in total. The second-order valence-corrected chi connectivity index (χ2v) is 12.2. The minimum atomic E-state index is -1.76. The Morgan fingerprint density at radius 2 is 2.04 bits per heavy atom. The van der Waals surface area contributed by atoms with Crippen molar-refractivity contribution in [3.8, 4) is 5.75 Å². The maximum absolute atomic E-state index is 9.44. The van der Waals surface area contributed by atoms with Crippen LogP contribution in [0.1, 0.15) is 20.8 Å². The molecule has 0 saturated carbocycles. The predicted molar refractivity (Wildman–Crippen MR) is 94.9 cm³/mol. The van der Waals surface area contributed by atoms with Crippen molar-refractivity contribution >= 4 is 26.6 Å². The Labute approximate surface area is 139 Å². The number of pyridine rings is 1. The Hall–Kier alpha value is -1.09. The van der Waals surface area contributed by atoms with Gasteiger partial charge in [-0.15, -0.1) is 0 Å². The molecular formula is C15H27BN2O4Si. The van der Waals surface area contributed by atoms with Crippen LogP contribution in [0.2, 0.25) is 18.1 Å². The third-order valence-electron chi connectivity index (χ3n) is 4.76. The Morgan fingerprint density at radius 1 is 1.35 bits per heavy atom. The van der Waals surface area contributed by atoms with Crippen LogP contribution >= 0.6 is 0 Å². The first-order valence-electron chi connectivity index (χ1n) is 7.99. The average molecular weight is 338 g/mol. The van der Waals surface area contributed by atoms with Crippen molar-refractivity contribution in [2.75, 3.05) is 31.2 Å². The van der Waals surface area contributed by atoms with Gasteiger partial charge in [0.15, 0.2) is 8.32 Å². The van der Waals surface area contributed by atoms with E-state index < -0.39 is 15.4 Å². The molecule has 0 unspecified atom stereocenters. The Bertz CT molecular complexity index is 549. The third kappa shape index (κ3) is 4.06. The van der Waals surface area contributed by atoms with Crippen LogP contribution in [0.15, 0.2) is 12.4 Å². The number of rotatable bonds is 5. The lowest BCUT2D eigenvalue weighted by atomic mass is 9.80. The molecule has 1 aromatic heterocycles. The average Bonchev–Trinajstić information content (AvgIpc) is 2.45. The maximum Gasteiger partial charge on any atom is 0.493 e. The van der Waals surface area contributed by atoms with Gasteiger partial charge < -0.3 is 24.1 Å². The lowest BCUT2D eigenvalue weighted by molar-refractivity contribution is 0.275. The molecule has 2 heterocycles. The smallest absolute Gasteiger partial charge is 0.490 e. The van der Waals surface area contributed by atoms with E-state index >= 15 is 0 Å². The summed E-state index contributed by atoms with van der Waals surface area (Å²) in [7, 11) is -3.35. The predicted octanol–water partition coefficient (Wildman–Crippen LogP) is 0.982. The molecule has 6 nitrogen and oxygen atoms in total. The van der Waals surface area contributed by atoms with Crippen LogP contribution in [0.5, 0.6) is 5.75 Å². The van der Waals surface area contributed by atoms with Gasteiger partial charge in [0.05, 0.1) is 25.0 Å². The van der Waals surface area contributed by atoms with E-state index in [1.165, 1.54) is 6.20 Å². The summed E-state index contributed by atoms with van der Waals surface area (Å²) in [6, 6.07) is 0. The molecule has 8 heteroatoms. The molecule has 0 bridgehead atoms. The second kappa shape index (κ2) is 6.80. The van der Waals surface area contributed by atoms with Crippen LogP contribution in [-0.2, 0) is 4.43 Å². The van der Waals surface area contributed by atoms with E-state index in [4.69, 9.17) is 9.16 Å². The highest BCUT2D eigenvalue weighted by atomic mass is 28.4. The van der Waals surface area contributed by atoms with Crippen molar-refractivity contribution in [1.82, 2.24) is 4.98 Å². The number of nitrogens with zero attached hydrogens (tertiary/aromatic N) is 2. The largest absolute Gasteiger partial charge is 0.493 e. The van der Waals surface area contributed by atoms with Crippen molar-refractivity contribution in [3.63, 3.8) is 0 Å². The van der Waals surface area contributed by atoms with Crippen LogP contribution in [0.25, 0.3) is 0 Å². The Kier molecular flexibility index (Phi) is 5.40. The number of fused-ring (bicyclic) bond motifs is 1. The molecule has 0 fully saturated rings. The number of hydrogen-bond donors (Lipinski definition) is 2. The van der Waals surface area contributed by atoms with Crippen molar-refractivity contribution in [3.05, 3.63) is 12.4 Å². The minimum absolute atomic E-state index is 0.186. The number of hydrogen-bond acceptors (Lipinski definition) is 6. The molecule has 0 spiro atoms. The fourth-order valence-corrected chi connectivity index (χ4v) is 3.29. The van der Waals surface area contributed by atoms with Gasteiger partial charge in [-0.2, -0.15) is 0 Å². The number of aromatic nitrogens is 1. The summed E-state index contributed by atoms with van der Waals surface area (Å²) in [5, 5.41) is 19.1. The number of anilines is 1. The van der Waals surface area contributed by atoms with Crippen molar-refractivity contribution in [2.45, 2.75) is 38.9 Å². The third-order valence-corrected chi connectivity index (χ3v) is 9.30. The first kappa shape index (κ1) is 18.3. The van der Waals surface area contributed by atoms with Crippen LogP contribution in [-0.4, -0.2) is 56.8 Å². The van der Waals surface area contributed by atoms with Gasteiger partial charge in [0.25, 0.3) is 0 Å². The highest BCUT2D eigenvalue weighted by Crippen LogP contribution is 2.36. The van der Waals surface area contributed by atoms with E-state index in [0.717, 1.165) is 18.8 Å². The lowest BCUT2D eigenvalue weighted by Gasteiger charge is -2.38. The summed E-state index contributed by atoms with van der Waals surface area (Å²) < 4.78 is 11.8. The SMILES string of the molecule is CC(C)(C)[Si](C)(C)OCCN1CCOc2c(B(O)O)cncc21. The molecule has 2 rings (SSSR count). The summed E-state index contributed by atoms with van der Waals surface area (Å²) in [6.07, 6.45) is 3.13. The molecule has 128 valence electrons. The van der Waals surface area contributed by atoms with Gasteiger partial charge in [0.2, 0.25) is 0 Å². The van der Waals surface area contributed by atoms with Crippen LogP contribution in [0, 0.1) is 0 Å². The van der Waals surface area contributed by atoms with E-state index in [1.54, 1.807) is 6.20 Å². The zero-order valence-electron chi connectivity index (χ0n) is 14.7. The monoisotopic (exact) mass is 338 g/mol. The highest BCUT2D eigenvalue weighted by molar-refractivity contribution is 6.74. The maximum atomic E-state index is 9.44. The summed E-state index contributed by atoms with van der Waals surface area (Å²) >= 11 is 0. The summed E-state index contributed by atoms with van der Waals surface area (Å²) in [4.78, 5) is 6.22.